The Hall–Kier alpha value is -3.23. The van der Waals surface area contributed by atoms with Crippen LogP contribution in [0.15, 0.2) is 59.2 Å². The molecule has 0 radical (unpaired) electrons. The van der Waals surface area contributed by atoms with Crippen LogP contribution in [0.4, 0.5) is 13.2 Å². The van der Waals surface area contributed by atoms with E-state index in [2.05, 4.69) is 5.10 Å². The van der Waals surface area contributed by atoms with E-state index < -0.39 is 17.8 Å². The van der Waals surface area contributed by atoms with Gasteiger partial charge in [0, 0.05) is 22.6 Å². The highest BCUT2D eigenvalue weighted by molar-refractivity contribution is 6.35. The lowest BCUT2D eigenvalue weighted by Gasteiger charge is -2.15. The first-order valence-corrected chi connectivity index (χ1v) is 10.5. The average molecular weight is 493 g/mol. The predicted octanol–water partition coefficient (Wildman–Crippen LogP) is 6.78. The van der Waals surface area contributed by atoms with Crippen LogP contribution in [-0.4, -0.2) is 15.7 Å². The number of rotatable bonds is 3. The van der Waals surface area contributed by atoms with Gasteiger partial charge in [-0.25, -0.2) is 9.48 Å². The summed E-state index contributed by atoms with van der Waals surface area (Å²) in [5.74, 6) is 0.0670. The second-order valence-corrected chi connectivity index (χ2v) is 8.20. The summed E-state index contributed by atoms with van der Waals surface area (Å²) in [6.07, 6.45) is -2.62. The topological polar surface area (TPSA) is 57.3 Å². The van der Waals surface area contributed by atoms with E-state index in [4.69, 9.17) is 32.4 Å². The molecule has 0 saturated heterocycles. The Morgan fingerprint density at radius 3 is 2.52 bits per heavy atom. The second-order valence-electron chi connectivity index (χ2n) is 7.35. The van der Waals surface area contributed by atoms with E-state index in [1.54, 1.807) is 6.07 Å². The third-order valence-electron chi connectivity index (χ3n) is 5.30. The third-order valence-corrected chi connectivity index (χ3v) is 5.83. The lowest BCUT2D eigenvalue weighted by atomic mass is 9.94. The van der Waals surface area contributed by atoms with E-state index in [0.717, 1.165) is 0 Å². The molecule has 0 bridgehead atoms. The fourth-order valence-corrected chi connectivity index (χ4v) is 4.26. The molecule has 2 aromatic heterocycles. The Labute approximate surface area is 195 Å². The fourth-order valence-electron chi connectivity index (χ4n) is 3.82. The van der Waals surface area contributed by atoms with Gasteiger partial charge in [0.15, 0.2) is 5.69 Å². The minimum absolute atomic E-state index is 0.122. The van der Waals surface area contributed by atoms with E-state index in [1.165, 1.54) is 53.4 Å². The highest BCUT2D eigenvalue weighted by atomic mass is 35.5. The number of alkyl halides is 3. The van der Waals surface area contributed by atoms with Gasteiger partial charge in [-0.05, 0) is 55.0 Å². The Morgan fingerprint density at radius 2 is 1.82 bits per heavy atom. The van der Waals surface area contributed by atoms with Crippen molar-refractivity contribution in [1.29, 1.82) is 0 Å². The molecule has 0 unspecified atom stereocenters. The van der Waals surface area contributed by atoms with Gasteiger partial charge in [-0.1, -0.05) is 23.2 Å². The number of hydrogen-bond donors (Lipinski definition) is 0. The minimum Gasteiger partial charge on any atom is -0.469 e. The number of esters is 1. The van der Waals surface area contributed by atoms with E-state index in [1.807, 2.05) is 0 Å². The fraction of sp³-hybridized carbons (Fsp3) is 0.130. The molecule has 5 rings (SSSR count). The summed E-state index contributed by atoms with van der Waals surface area (Å²) in [7, 11) is 0. The van der Waals surface area contributed by atoms with Crippen LogP contribution in [0, 0.1) is 0 Å². The lowest BCUT2D eigenvalue weighted by molar-refractivity contribution is -0.142. The molecule has 4 aromatic rings. The molecule has 0 amide bonds. The highest BCUT2D eigenvalue weighted by Gasteiger charge is 2.41. The number of ether oxygens (including phenoxy) is 1. The van der Waals surface area contributed by atoms with Gasteiger partial charge in [0.1, 0.15) is 11.5 Å². The van der Waals surface area contributed by atoms with Gasteiger partial charge in [-0.15, -0.1) is 0 Å². The molecule has 1 aliphatic carbocycles. The van der Waals surface area contributed by atoms with Crippen LogP contribution >= 0.6 is 23.2 Å². The van der Waals surface area contributed by atoms with E-state index in [9.17, 15) is 18.0 Å². The molecule has 2 heterocycles. The maximum atomic E-state index is 13.7. The number of furan rings is 1. The quantitative estimate of drug-likeness (QED) is 0.233. The monoisotopic (exact) mass is 492 g/mol. The zero-order chi connectivity index (χ0) is 23.3. The summed E-state index contributed by atoms with van der Waals surface area (Å²) in [5.41, 5.74) is 0.644. The van der Waals surface area contributed by atoms with Crippen molar-refractivity contribution in [2.24, 2.45) is 0 Å². The molecule has 0 saturated carbocycles. The molecule has 0 fully saturated rings. The van der Waals surface area contributed by atoms with Gasteiger partial charge >= 0.3 is 12.1 Å². The van der Waals surface area contributed by atoms with Crippen molar-refractivity contribution < 1.29 is 27.1 Å². The summed E-state index contributed by atoms with van der Waals surface area (Å²) < 4.78 is 52.9. The molecule has 10 heteroatoms. The standard InChI is InChI=1S/C23H13Cl2F3N2O3/c24-13-3-7-19(17(25)11-13)33-22(31)12-1-4-14(5-2-12)30-20-15-9-10-32-18(15)8-6-16(20)21(29-30)23(26,27)28/h1-5,7,9-11H,6,8H2. The number of fused-ring (bicyclic) bond motifs is 3. The van der Waals surface area contributed by atoms with Crippen molar-refractivity contribution >= 4 is 29.2 Å². The Morgan fingerprint density at radius 1 is 1.06 bits per heavy atom. The summed E-state index contributed by atoms with van der Waals surface area (Å²) in [6, 6.07) is 12.0. The average Bonchev–Trinajstić information content (AvgIpc) is 3.39. The van der Waals surface area contributed by atoms with Crippen molar-refractivity contribution in [2.75, 3.05) is 0 Å². The number of aromatic nitrogens is 2. The highest BCUT2D eigenvalue weighted by Crippen LogP contribution is 2.42. The first kappa shape index (κ1) is 21.6. The number of benzene rings is 2. The maximum absolute atomic E-state index is 13.7. The normalized spacial score (nSPS) is 12.9. The summed E-state index contributed by atoms with van der Waals surface area (Å²) in [4.78, 5) is 12.5. The predicted molar refractivity (Wildman–Crippen MR) is 115 cm³/mol. The molecular weight excluding hydrogens is 480 g/mol. The van der Waals surface area contributed by atoms with Crippen LogP contribution in [0.2, 0.25) is 10.0 Å². The van der Waals surface area contributed by atoms with Crippen LogP contribution in [0.1, 0.15) is 27.4 Å². The lowest BCUT2D eigenvalue weighted by Crippen LogP contribution is -2.11. The second kappa shape index (κ2) is 7.97. The molecule has 0 spiro atoms. The van der Waals surface area contributed by atoms with Crippen LogP contribution in [0.25, 0.3) is 16.9 Å². The van der Waals surface area contributed by atoms with Gasteiger partial charge in [-0.3, -0.25) is 0 Å². The third kappa shape index (κ3) is 3.89. The van der Waals surface area contributed by atoms with Gasteiger partial charge in [0.25, 0.3) is 0 Å². The smallest absolute Gasteiger partial charge is 0.435 e. The summed E-state index contributed by atoms with van der Waals surface area (Å²) in [5, 5.41) is 4.44. The molecule has 33 heavy (non-hydrogen) atoms. The van der Waals surface area contributed by atoms with Crippen LogP contribution < -0.4 is 4.74 Å². The molecule has 0 atom stereocenters. The molecule has 0 N–H and O–H groups in total. The Balaban J connectivity index is 1.50. The zero-order valence-electron chi connectivity index (χ0n) is 16.6. The van der Waals surface area contributed by atoms with Gasteiger partial charge in [0.2, 0.25) is 0 Å². The molecule has 5 nitrogen and oxygen atoms in total. The van der Waals surface area contributed by atoms with Crippen molar-refractivity contribution in [3.8, 4) is 22.7 Å². The Bertz CT molecular complexity index is 1370. The SMILES string of the molecule is O=C(Oc1ccc(Cl)cc1Cl)c1ccc(-n2nc(C(F)(F)F)c3c2-c2ccoc2CC3)cc1. The van der Waals surface area contributed by atoms with E-state index in [0.29, 0.717) is 34.1 Å². The van der Waals surface area contributed by atoms with Crippen molar-refractivity contribution in [3.63, 3.8) is 0 Å². The number of carbonyl (C=O) groups is 1. The molecular formula is C23H13Cl2F3N2O3. The number of nitrogens with zero attached hydrogens (tertiary/aromatic N) is 2. The zero-order valence-corrected chi connectivity index (χ0v) is 18.1. The molecule has 168 valence electrons. The summed E-state index contributed by atoms with van der Waals surface area (Å²) in [6.45, 7) is 0. The first-order chi connectivity index (χ1) is 15.7. The number of halogens is 5. The van der Waals surface area contributed by atoms with Gasteiger partial charge in [0.05, 0.1) is 28.2 Å². The minimum atomic E-state index is -4.60. The number of carbonyl (C=O) groups excluding carboxylic acids is 1. The van der Waals surface area contributed by atoms with E-state index in [-0.39, 0.29) is 28.3 Å². The molecule has 0 aliphatic heterocycles. The first-order valence-electron chi connectivity index (χ1n) is 9.76. The largest absolute Gasteiger partial charge is 0.469 e. The number of aryl methyl sites for hydroxylation is 1. The maximum Gasteiger partial charge on any atom is 0.435 e. The summed E-state index contributed by atoms with van der Waals surface area (Å²) >= 11 is 11.9. The Kier molecular flexibility index (Phi) is 5.22. The van der Waals surface area contributed by atoms with Crippen molar-refractivity contribution in [1.82, 2.24) is 9.78 Å². The van der Waals surface area contributed by atoms with Gasteiger partial charge < -0.3 is 9.15 Å². The van der Waals surface area contributed by atoms with Crippen LogP contribution in [-0.2, 0) is 19.0 Å². The van der Waals surface area contributed by atoms with Crippen molar-refractivity contribution in [3.05, 3.63) is 87.4 Å². The van der Waals surface area contributed by atoms with Gasteiger partial charge in [-0.2, -0.15) is 18.3 Å². The number of hydrogen-bond acceptors (Lipinski definition) is 4. The van der Waals surface area contributed by atoms with E-state index >= 15 is 0 Å². The van der Waals surface area contributed by atoms with Crippen LogP contribution in [0.3, 0.4) is 0 Å². The molecule has 1 aliphatic rings. The van der Waals surface area contributed by atoms with Crippen molar-refractivity contribution in [2.45, 2.75) is 19.0 Å². The molecule has 2 aromatic carbocycles. The van der Waals surface area contributed by atoms with Crippen LogP contribution in [0.5, 0.6) is 5.75 Å².